The molecule has 1 aliphatic carbocycles. The van der Waals surface area contributed by atoms with Gasteiger partial charge >= 0.3 is 5.97 Å². The monoisotopic (exact) mass is 420 g/mol. The average molecular weight is 420 g/mol. The topological polar surface area (TPSA) is 92.8 Å². The standard InChI is InChI=1S/C24H24N2O5/c1-15-7-12-19-20(13-15)23(29)26(22(19)28)18-10-8-16(9-11-18)24(30)31-14-21(27)25-17-5-3-2-4-6-17/h2-6,8-11,15,19-20H,7,12-14H2,1H3,(H,25,27)/t15-,19+,20+/m0/s1. The van der Waals surface area contributed by atoms with Crippen molar-refractivity contribution >= 4 is 35.1 Å². The number of fused-ring (bicyclic) bond motifs is 1. The van der Waals surface area contributed by atoms with E-state index in [2.05, 4.69) is 12.2 Å². The molecule has 0 aromatic heterocycles. The molecule has 1 heterocycles. The molecule has 1 saturated carbocycles. The second-order valence-electron chi connectivity index (χ2n) is 8.18. The van der Waals surface area contributed by atoms with Gasteiger partial charge in [-0.3, -0.25) is 19.3 Å². The SMILES string of the molecule is C[C@H]1CC[C@H]2C(=O)N(c3ccc(C(=O)OCC(=O)Nc4ccccc4)cc3)C(=O)[C@@H]2C1. The lowest BCUT2D eigenvalue weighted by Gasteiger charge is -2.25. The molecule has 0 bridgehead atoms. The van der Waals surface area contributed by atoms with Gasteiger partial charge in [-0.15, -0.1) is 0 Å². The first-order valence-corrected chi connectivity index (χ1v) is 10.4. The molecule has 1 aliphatic heterocycles. The lowest BCUT2D eigenvalue weighted by molar-refractivity contribution is -0.122. The molecule has 0 spiro atoms. The van der Waals surface area contributed by atoms with Crippen LogP contribution in [0.15, 0.2) is 54.6 Å². The molecule has 1 N–H and O–H groups in total. The Hall–Kier alpha value is -3.48. The van der Waals surface area contributed by atoms with E-state index in [1.165, 1.54) is 17.0 Å². The summed E-state index contributed by atoms with van der Waals surface area (Å²) < 4.78 is 5.06. The number of rotatable bonds is 5. The lowest BCUT2D eigenvalue weighted by atomic mass is 9.76. The van der Waals surface area contributed by atoms with Crippen LogP contribution < -0.4 is 10.2 Å². The number of hydrogen-bond donors (Lipinski definition) is 1. The maximum atomic E-state index is 12.8. The lowest BCUT2D eigenvalue weighted by Crippen LogP contribution is -2.30. The molecule has 2 aromatic carbocycles. The maximum absolute atomic E-state index is 12.8. The normalized spacial score (nSPS) is 22.7. The number of benzene rings is 2. The van der Waals surface area contributed by atoms with E-state index in [0.29, 0.717) is 17.3 Å². The third-order valence-electron chi connectivity index (χ3n) is 5.94. The summed E-state index contributed by atoms with van der Waals surface area (Å²) in [5.74, 6) is -1.46. The quantitative estimate of drug-likeness (QED) is 0.591. The smallest absolute Gasteiger partial charge is 0.338 e. The van der Waals surface area contributed by atoms with Crippen LogP contribution in [0.2, 0.25) is 0 Å². The van der Waals surface area contributed by atoms with Gasteiger partial charge in [0.05, 0.1) is 23.1 Å². The number of esters is 1. The minimum absolute atomic E-state index is 0.158. The molecule has 160 valence electrons. The van der Waals surface area contributed by atoms with Crippen LogP contribution in [0.3, 0.4) is 0 Å². The van der Waals surface area contributed by atoms with E-state index in [-0.39, 0.29) is 29.2 Å². The summed E-state index contributed by atoms with van der Waals surface area (Å²) in [6.45, 7) is 1.69. The Labute approximate surface area is 180 Å². The second kappa shape index (κ2) is 8.71. The number of carbonyl (C=O) groups is 4. The Balaban J connectivity index is 1.36. The Morgan fingerprint density at radius 1 is 0.968 bits per heavy atom. The summed E-state index contributed by atoms with van der Waals surface area (Å²) in [5.41, 5.74) is 1.31. The molecule has 2 aliphatic rings. The van der Waals surface area contributed by atoms with Crippen LogP contribution in [0.25, 0.3) is 0 Å². The summed E-state index contributed by atoms with van der Waals surface area (Å²) in [6, 6.07) is 15.0. The fourth-order valence-corrected chi connectivity index (χ4v) is 4.32. The van der Waals surface area contributed by atoms with Crippen LogP contribution in [0, 0.1) is 17.8 Å². The molecule has 3 atom stereocenters. The molecule has 7 heteroatoms. The van der Waals surface area contributed by atoms with Gasteiger partial charge in [-0.25, -0.2) is 4.79 Å². The third kappa shape index (κ3) is 4.35. The van der Waals surface area contributed by atoms with Gasteiger partial charge in [0.15, 0.2) is 6.61 Å². The molecule has 2 fully saturated rings. The highest BCUT2D eigenvalue weighted by Crippen LogP contribution is 2.42. The van der Waals surface area contributed by atoms with Gasteiger partial charge in [-0.2, -0.15) is 0 Å². The van der Waals surface area contributed by atoms with Crippen molar-refractivity contribution in [3.05, 3.63) is 60.2 Å². The predicted octanol–water partition coefficient (Wildman–Crippen LogP) is 3.41. The molecular formula is C24H24N2O5. The van der Waals surface area contributed by atoms with Crippen LogP contribution in [-0.2, 0) is 19.1 Å². The van der Waals surface area contributed by atoms with Crippen molar-refractivity contribution in [3.8, 4) is 0 Å². The van der Waals surface area contributed by atoms with Gasteiger partial charge in [0.1, 0.15) is 0 Å². The van der Waals surface area contributed by atoms with Crippen LogP contribution in [0.5, 0.6) is 0 Å². The van der Waals surface area contributed by atoms with Crippen molar-refractivity contribution in [2.24, 2.45) is 17.8 Å². The molecular weight excluding hydrogens is 396 g/mol. The van der Waals surface area contributed by atoms with Gasteiger partial charge in [0.2, 0.25) is 11.8 Å². The third-order valence-corrected chi connectivity index (χ3v) is 5.94. The minimum Gasteiger partial charge on any atom is -0.452 e. The predicted molar refractivity (Wildman–Crippen MR) is 114 cm³/mol. The largest absolute Gasteiger partial charge is 0.452 e. The van der Waals surface area contributed by atoms with Crippen LogP contribution in [-0.4, -0.2) is 30.3 Å². The van der Waals surface area contributed by atoms with Crippen molar-refractivity contribution in [3.63, 3.8) is 0 Å². The average Bonchev–Trinajstić information content (AvgIpc) is 3.02. The van der Waals surface area contributed by atoms with Crippen molar-refractivity contribution in [2.75, 3.05) is 16.8 Å². The first kappa shape index (κ1) is 20.8. The molecule has 0 unspecified atom stereocenters. The van der Waals surface area contributed by atoms with E-state index in [0.717, 1.165) is 19.3 Å². The summed E-state index contributed by atoms with van der Waals surface area (Å²) in [4.78, 5) is 51.0. The van der Waals surface area contributed by atoms with Crippen molar-refractivity contribution < 1.29 is 23.9 Å². The van der Waals surface area contributed by atoms with E-state index in [1.54, 1.807) is 36.4 Å². The molecule has 7 nitrogen and oxygen atoms in total. The van der Waals surface area contributed by atoms with Crippen LogP contribution in [0.1, 0.15) is 36.5 Å². The first-order chi connectivity index (χ1) is 14.9. The Kier molecular flexibility index (Phi) is 5.84. The van der Waals surface area contributed by atoms with E-state index in [4.69, 9.17) is 4.74 Å². The van der Waals surface area contributed by atoms with Gasteiger partial charge in [0, 0.05) is 5.69 Å². The van der Waals surface area contributed by atoms with Gasteiger partial charge in [-0.05, 0) is 61.6 Å². The molecule has 2 aromatic rings. The summed E-state index contributed by atoms with van der Waals surface area (Å²) in [6.07, 6.45) is 2.43. The van der Waals surface area contributed by atoms with Crippen LogP contribution in [0.4, 0.5) is 11.4 Å². The Bertz CT molecular complexity index is 1000. The fraction of sp³-hybridized carbons (Fsp3) is 0.333. The zero-order valence-corrected chi connectivity index (χ0v) is 17.2. The van der Waals surface area contributed by atoms with E-state index in [9.17, 15) is 19.2 Å². The number of nitrogens with one attached hydrogen (secondary N) is 1. The molecule has 3 amide bonds. The van der Waals surface area contributed by atoms with Gasteiger partial charge in [0.25, 0.3) is 5.91 Å². The number of ether oxygens (including phenoxy) is 1. The molecule has 1 saturated heterocycles. The zero-order valence-electron chi connectivity index (χ0n) is 17.2. The van der Waals surface area contributed by atoms with E-state index >= 15 is 0 Å². The number of hydrogen-bond acceptors (Lipinski definition) is 5. The van der Waals surface area contributed by atoms with E-state index < -0.39 is 18.5 Å². The summed E-state index contributed by atoms with van der Waals surface area (Å²) in [5, 5.41) is 2.63. The highest BCUT2D eigenvalue weighted by atomic mass is 16.5. The molecule has 0 radical (unpaired) electrons. The van der Waals surface area contributed by atoms with Crippen LogP contribution >= 0.6 is 0 Å². The molecule has 31 heavy (non-hydrogen) atoms. The number of para-hydroxylation sites is 1. The minimum atomic E-state index is -0.656. The number of amides is 3. The van der Waals surface area contributed by atoms with Gasteiger partial charge < -0.3 is 10.1 Å². The second-order valence-corrected chi connectivity index (χ2v) is 8.18. The number of carbonyl (C=O) groups excluding carboxylic acids is 4. The number of anilines is 2. The number of nitrogens with zero attached hydrogens (tertiary/aromatic N) is 1. The zero-order chi connectivity index (χ0) is 22.0. The van der Waals surface area contributed by atoms with Crippen molar-refractivity contribution in [1.29, 1.82) is 0 Å². The Morgan fingerprint density at radius 3 is 2.35 bits per heavy atom. The summed E-state index contributed by atoms with van der Waals surface area (Å²) in [7, 11) is 0. The Morgan fingerprint density at radius 2 is 1.65 bits per heavy atom. The maximum Gasteiger partial charge on any atom is 0.338 e. The highest BCUT2D eigenvalue weighted by molar-refractivity contribution is 6.22. The summed E-state index contributed by atoms with van der Waals surface area (Å²) >= 11 is 0. The van der Waals surface area contributed by atoms with Crippen molar-refractivity contribution in [1.82, 2.24) is 0 Å². The highest BCUT2D eigenvalue weighted by Gasteiger charge is 2.49. The fourth-order valence-electron chi connectivity index (χ4n) is 4.32. The van der Waals surface area contributed by atoms with Crippen molar-refractivity contribution in [2.45, 2.75) is 26.2 Å². The van der Waals surface area contributed by atoms with Gasteiger partial charge in [-0.1, -0.05) is 25.1 Å². The first-order valence-electron chi connectivity index (χ1n) is 10.4. The molecule has 4 rings (SSSR count). The van der Waals surface area contributed by atoms with E-state index in [1.807, 2.05) is 6.07 Å². The number of imide groups is 1.